The molecule has 0 spiro atoms. The van der Waals surface area contributed by atoms with Gasteiger partial charge >= 0.3 is 0 Å². The highest BCUT2D eigenvalue weighted by atomic mass is 79.9. The highest BCUT2D eigenvalue weighted by molar-refractivity contribution is 9.11. The first-order chi connectivity index (χ1) is 10.1. The quantitative estimate of drug-likeness (QED) is 0.572. The Morgan fingerprint density at radius 3 is 1.81 bits per heavy atom. The second-order valence-electron chi connectivity index (χ2n) is 4.20. The predicted molar refractivity (Wildman–Crippen MR) is 94.6 cm³/mol. The van der Waals surface area contributed by atoms with E-state index in [2.05, 4.69) is 62.7 Å². The first kappa shape index (κ1) is 16.9. The van der Waals surface area contributed by atoms with Gasteiger partial charge in [0, 0.05) is 13.1 Å². The van der Waals surface area contributed by atoms with Gasteiger partial charge in [-0.15, -0.1) is 0 Å². The lowest BCUT2D eigenvalue weighted by Gasteiger charge is -2.27. The number of ether oxygens (including phenoxy) is 1. The Morgan fingerprint density at radius 1 is 0.810 bits per heavy atom. The van der Waals surface area contributed by atoms with Gasteiger partial charge in [0.05, 0.1) is 13.2 Å². The van der Waals surface area contributed by atoms with Gasteiger partial charge in [-0.05, 0) is 72.1 Å². The summed E-state index contributed by atoms with van der Waals surface area (Å²) < 4.78 is 7.86. The van der Waals surface area contributed by atoms with Crippen molar-refractivity contribution in [3.63, 3.8) is 0 Å². The van der Waals surface area contributed by atoms with Crippen LogP contribution in [0.1, 0.15) is 0 Å². The first-order valence-electron chi connectivity index (χ1n) is 6.38. The fourth-order valence-electron chi connectivity index (χ4n) is 1.75. The Labute approximate surface area is 149 Å². The van der Waals surface area contributed by atoms with Crippen molar-refractivity contribution in [1.82, 2.24) is 9.97 Å². The molecule has 0 aliphatic carbocycles. The maximum absolute atomic E-state index is 5.27. The molecule has 1 aliphatic heterocycles. The van der Waals surface area contributed by atoms with Crippen LogP contribution >= 0.6 is 47.8 Å². The molecule has 1 fully saturated rings. The van der Waals surface area contributed by atoms with E-state index in [9.17, 15) is 0 Å². The lowest BCUT2D eigenvalue weighted by Crippen LogP contribution is -2.36. The van der Waals surface area contributed by atoms with Gasteiger partial charge in [-0.3, -0.25) is 0 Å². The highest BCUT2D eigenvalue weighted by Crippen LogP contribution is 2.15. The molecule has 3 heterocycles. The van der Waals surface area contributed by atoms with Crippen molar-refractivity contribution in [3.8, 4) is 0 Å². The average Bonchev–Trinajstić information content (AvgIpc) is 2.49. The van der Waals surface area contributed by atoms with Crippen molar-refractivity contribution in [2.75, 3.05) is 31.2 Å². The van der Waals surface area contributed by atoms with Crippen LogP contribution in [0.15, 0.2) is 50.2 Å². The Kier molecular flexibility index (Phi) is 7.09. The molecule has 7 heteroatoms. The largest absolute Gasteiger partial charge is 0.378 e. The van der Waals surface area contributed by atoms with Gasteiger partial charge in [-0.25, -0.2) is 9.97 Å². The number of morpholine rings is 1. The van der Waals surface area contributed by atoms with Crippen molar-refractivity contribution < 1.29 is 4.74 Å². The summed E-state index contributed by atoms with van der Waals surface area (Å²) in [5.74, 6) is 1.03. The van der Waals surface area contributed by atoms with Gasteiger partial charge < -0.3 is 9.64 Å². The van der Waals surface area contributed by atoms with Gasteiger partial charge in [0.2, 0.25) is 0 Å². The number of pyridine rings is 2. The number of aromatic nitrogens is 2. The third-order valence-corrected chi connectivity index (χ3v) is 4.04. The lowest BCUT2D eigenvalue weighted by molar-refractivity contribution is 0.122. The van der Waals surface area contributed by atoms with Gasteiger partial charge in [0.1, 0.15) is 19.6 Å². The van der Waals surface area contributed by atoms with Gasteiger partial charge in [0.15, 0.2) is 0 Å². The van der Waals surface area contributed by atoms with Crippen LogP contribution in [0.4, 0.5) is 5.82 Å². The van der Waals surface area contributed by atoms with E-state index in [1.165, 1.54) is 0 Å². The summed E-state index contributed by atoms with van der Waals surface area (Å²) in [6.07, 6.45) is 0. The molecule has 112 valence electrons. The van der Waals surface area contributed by atoms with E-state index in [1.54, 1.807) is 0 Å². The van der Waals surface area contributed by atoms with E-state index in [-0.39, 0.29) is 0 Å². The van der Waals surface area contributed by atoms with E-state index in [1.807, 2.05) is 36.4 Å². The van der Waals surface area contributed by atoms with Crippen molar-refractivity contribution in [1.29, 1.82) is 0 Å². The molecule has 1 aliphatic rings. The maximum Gasteiger partial charge on any atom is 0.130 e. The lowest BCUT2D eigenvalue weighted by atomic mass is 10.4. The Bertz CT molecular complexity index is 560. The van der Waals surface area contributed by atoms with Crippen LogP contribution in [0.3, 0.4) is 0 Å². The normalized spacial score (nSPS) is 14.3. The third kappa shape index (κ3) is 6.02. The summed E-state index contributed by atoms with van der Waals surface area (Å²) in [6.45, 7) is 3.47. The van der Waals surface area contributed by atoms with Crippen molar-refractivity contribution >= 4 is 53.6 Å². The summed E-state index contributed by atoms with van der Waals surface area (Å²) in [7, 11) is 0. The van der Waals surface area contributed by atoms with Crippen LogP contribution in [-0.2, 0) is 4.74 Å². The minimum atomic E-state index is 0.800. The summed E-state index contributed by atoms with van der Waals surface area (Å²) in [5.41, 5.74) is 0. The standard InChI is InChI=1S/C9H11BrN2O.C5H3Br2N/c10-8-2-1-3-9(11-8)12-4-6-13-7-5-12;6-4-2-1-3-5(7)8-4/h1-3H,4-7H2;1-3H. The zero-order chi connectivity index (χ0) is 15.1. The van der Waals surface area contributed by atoms with Gasteiger partial charge in [-0.2, -0.15) is 0 Å². The molecule has 2 aromatic rings. The molecule has 0 N–H and O–H groups in total. The minimum absolute atomic E-state index is 0.800. The van der Waals surface area contributed by atoms with E-state index in [0.717, 1.165) is 45.9 Å². The molecule has 2 aromatic heterocycles. The molecule has 3 rings (SSSR count). The zero-order valence-corrected chi connectivity index (χ0v) is 15.9. The molecule has 21 heavy (non-hydrogen) atoms. The molecule has 0 amide bonds. The van der Waals surface area contributed by atoms with Crippen LogP contribution < -0.4 is 4.90 Å². The minimum Gasteiger partial charge on any atom is -0.378 e. The molecular weight excluding hydrogens is 466 g/mol. The summed E-state index contributed by atoms with van der Waals surface area (Å²) in [4.78, 5) is 10.6. The van der Waals surface area contributed by atoms with Gasteiger partial charge in [-0.1, -0.05) is 12.1 Å². The van der Waals surface area contributed by atoms with Gasteiger partial charge in [0.25, 0.3) is 0 Å². The van der Waals surface area contributed by atoms with Crippen molar-refractivity contribution in [3.05, 3.63) is 50.2 Å². The number of hydrogen-bond acceptors (Lipinski definition) is 4. The first-order valence-corrected chi connectivity index (χ1v) is 8.76. The summed E-state index contributed by atoms with van der Waals surface area (Å²) >= 11 is 9.80. The van der Waals surface area contributed by atoms with Crippen LogP contribution in [0.2, 0.25) is 0 Å². The van der Waals surface area contributed by atoms with E-state index in [4.69, 9.17) is 4.74 Å². The molecule has 0 saturated carbocycles. The second-order valence-corrected chi connectivity index (χ2v) is 6.64. The maximum atomic E-state index is 5.27. The van der Waals surface area contributed by atoms with E-state index in [0.29, 0.717) is 0 Å². The SMILES string of the molecule is Brc1cccc(Br)n1.Brc1cccc(N2CCOCC2)n1. The average molecular weight is 480 g/mol. The Morgan fingerprint density at radius 2 is 1.33 bits per heavy atom. The predicted octanol–water partition coefficient (Wildman–Crippen LogP) is 4.29. The fraction of sp³-hybridized carbons (Fsp3) is 0.286. The Hall–Kier alpha value is -0.500. The smallest absolute Gasteiger partial charge is 0.130 e. The molecule has 1 saturated heterocycles. The molecule has 0 bridgehead atoms. The molecule has 0 atom stereocenters. The summed E-state index contributed by atoms with van der Waals surface area (Å²) in [6, 6.07) is 11.6. The number of hydrogen-bond donors (Lipinski definition) is 0. The molecule has 0 radical (unpaired) electrons. The fourth-order valence-corrected chi connectivity index (χ4v) is 3.01. The molecule has 4 nitrogen and oxygen atoms in total. The van der Waals surface area contributed by atoms with Crippen molar-refractivity contribution in [2.45, 2.75) is 0 Å². The van der Waals surface area contributed by atoms with Crippen LogP contribution in [0.25, 0.3) is 0 Å². The van der Waals surface area contributed by atoms with Crippen LogP contribution in [-0.4, -0.2) is 36.3 Å². The number of nitrogens with zero attached hydrogens (tertiary/aromatic N) is 3. The van der Waals surface area contributed by atoms with E-state index >= 15 is 0 Å². The topological polar surface area (TPSA) is 38.2 Å². The number of rotatable bonds is 1. The highest BCUT2D eigenvalue weighted by Gasteiger charge is 2.11. The van der Waals surface area contributed by atoms with Crippen LogP contribution in [0, 0.1) is 0 Å². The van der Waals surface area contributed by atoms with Crippen LogP contribution in [0.5, 0.6) is 0 Å². The second kappa shape index (κ2) is 8.82. The summed E-state index contributed by atoms with van der Waals surface area (Å²) in [5, 5.41) is 0. The third-order valence-electron chi connectivity index (χ3n) is 2.72. The zero-order valence-electron chi connectivity index (χ0n) is 11.2. The Balaban J connectivity index is 0.000000173. The number of anilines is 1. The molecule has 0 unspecified atom stereocenters. The van der Waals surface area contributed by atoms with Crippen molar-refractivity contribution in [2.24, 2.45) is 0 Å². The van der Waals surface area contributed by atoms with E-state index < -0.39 is 0 Å². The molecule has 0 aromatic carbocycles. The monoisotopic (exact) mass is 477 g/mol. The molecular formula is C14H14Br3N3O. The number of halogens is 3.